The molecule has 2 N–H and O–H groups in total. The standard InChI is InChI=1S/C18H18F3N3O3/c1-10(2)23-17(26)14-9-22-8-11(3)15(14)24-16(25)12-4-6-13(7-5-12)27-18(19,20)21/h4-10H,1-3H3,(H,23,26)(H,22,24,25). The predicted octanol–water partition coefficient (Wildman–Crippen LogP) is 3.68. The molecule has 0 bridgehead atoms. The number of nitrogens with one attached hydrogen (secondary N) is 2. The Balaban J connectivity index is 2.22. The van der Waals surface area contributed by atoms with E-state index < -0.39 is 23.9 Å². The monoisotopic (exact) mass is 381 g/mol. The lowest BCUT2D eigenvalue weighted by Gasteiger charge is -2.15. The molecule has 0 aliphatic carbocycles. The highest BCUT2D eigenvalue weighted by Gasteiger charge is 2.31. The van der Waals surface area contributed by atoms with Gasteiger partial charge in [0, 0.05) is 24.0 Å². The van der Waals surface area contributed by atoms with Crippen molar-refractivity contribution in [3.63, 3.8) is 0 Å². The molecule has 0 unspecified atom stereocenters. The Bertz CT molecular complexity index is 834. The zero-order chi connectivity index (χ0) is 20.2. The van der Waals surface area contributed by atoms with Crippen LogP contribution in [-0.2, 0) is 0 Å². The summed E-state index contributed by atoms with van der Waals surface area (Å²) in [5.41, 5.74) is 1.14. The fraction of sp³-hybridized carbons (Fsp3) is 0.278. The number of hydrogen-bond acceptors (Lipinski definition) is 4. The normalized spacial score (nSPS) is 11.2. The number of aryl methyl sites for hydroxylation is 1. The lowest BCUT2D eigenvalue weighted by atomic mass is 10.1. The molecule has 2 rings (SSSR count). The molecule has 0 saturated heterocycles. The van der Waals surface area contributed by atoms with Crippen LogP contribution >= 0.6 is 0 Å². The first-order valence-corrected chi connectivity index (χ1v) is 7.99. The number of pyridine rings is 1. The first-order chi connectivity index (χ1) is 12.6. The van der Waals surface area contributed by atoms with Crippen LogP contribution in [0.4, 0.5) is 18.9 Å². The van der Waals surface area contributed by atoms with E-state index >= 15 is 0 Å². The third-order valence-corrected chi connectivity index (χ3v) is 3.39. The van der Waals surface area contributed by atoms with Gasteiger partial charge in [0.15, 0.2) is 0 Å². The predicted molar refractivity (Wildman–Crippen MR) is 92.7 cm³/mol. The number of aromatic nitrogens is 1. The van der Waals surface area contributed by atoms with E-state index in [0.29, 0.717) is 5.56 Å². The summed E-state index contributed by atoms with van der Waals surface area (Å²) >= 11 is 0. The third-order valence-electron chi connectivity index (χ3n) is 3.39. The highest BCUT2D eigenvalue weighted by molar-refractivity contribution is 6.09. The molecule has 6 nitrogen and oxygen atoms in total. The summed E-state index contributed by atoms with van der Waals surface area (Å²) in [6.07, 6.45) is -1.99. The average Bonchev–Trinajstić information content (AvgIpc) is 2.55. The molecule has 0 fully saturated rings. The van der Waals surface area contributed by atoms with E-state index in [0.717, 1.165) is 12.1 Å². The molecule has 144 valence electrons. The fourth-order valence-corrected chi connectivity index (χ4v) is 2.24. The van der Waals surface area contributed by atoms with Gasteiger partial charge < -0.3 is 15.4 Å². The fourth-order valence-electron chi connectivity index (χ4n) is 2.24. The van der Waals surface area contributed by atoms with Crippen molar-refractivity contribution in [2.45, 2.75) is 33.2 Å². The second kappa shape index (κ2) is 8.07. The minimum Gasteiger partial charge on any atom is -0.406 e. The minimum absolute atomic E-state index is 0.107. The number of halogens is 3. The van der Waals surface area contributed by atoms with Crippen molar-refractivity contribution in [2.75, 3.05) is 5.32 Å². The van der Waals surface area contributed by atoms with E-state index in [2.05, 4.69) is 20.4 Å². The Morgan fingerprint density at radius 2 is 1.70 bits per heavy atom. The maximum atomic E-state index is 12.4. The molecule has 1 aromatic carbocycles. The SMILES string of the molecule is Cc1cncc(C(=O)NC(C)C)c1NC(=O)c1ccc(OC(F)(F)F)cc1. The van der Waals surface area contributed by atoms with Gasteiger partial charge in [0.1, 0.15) is 5.75 Å². The summed E-state index contributed by atoms with van der Waals surface area (Å²) in [7, 11) is 0. The average molecular weight is 381 g/mol. The molecule has 0 atom stereocenters. The summed E-state index contributed by atoms with van der Waals surface area (Å²) in [5.74, 6) is -1.41. The van der Waals surface area contributed by atoms with E-state index in [9.17, 15) is 22.8 Å². The first kappa shape index (κ1) is 20.2. The number of amides is 2. The molecule has 0 aliphatic heterocycles. The maximum Gasteiger partial charge on any atom is 0.573 e. The van der Waals surface area contributed by atoms with Gasteiger partial charge in [-0.1, -0.05) is 0 Å². The number of carbonyl (C=O) groups excluding carboxylic acids is 2. The minimum atomic E-state index is -4.81. The zero-order valence-corrected chi connectivity index (χ0v) is 14.8. The van der Waals surface area contributed by atoms with Crippen molar-refractivity contribution in [1.29, 1.82) is 0 Å². The van der Waals surface area contributed by atoms with Gasteiger partial charge in [-0.25, -0.2) is 0 Å². The van der Waals surface area contributed by atoms with Gasteiger partial charge in [-0.2, -0.15) is 0 Å². The summed E-state index contributed by atoms with van der Waals surface area (Å²) in [6.45, 7) is 5.27. The molecule has 0 radical (unpaired) electrons. The van der Waals surface area contributed by atoms with Crippen LogP contribution in [0, 0.1) is 6.92 Å². The molecule has 0 spiro atoms. The third kappa shape index (κ3) is 5.70. The Kier molecular flexibility index (Phi) is 6.04. The Labute approximate surface area is 153 Å². The molecular weight excluding hydrogens is 363 g/mol. The lowest BCUT2D eigenvalue weighted by molar-refractivity contribution is -0.274. The van der Waals surface area contributed by atoms with Crippen molar-refractivity contribution in [3.05, 3.63) is 53.3 Å². The Hall–Kier alpha value is -3.10. The number of ether oxygens (including phenoxy) is 1. The molecule has 27 heavy (non-hydrogen) atoms. The van der Waals surface area contributed by atoms with Crippen LogP contribution in [0.5, 0.6) is 5.75 Å². The highest BCUT2D eigenvalue weighted by Crippen LogP contribution is 2.24. The summed E-state index contributed by atoms with van der Waals surface area (Å²) in [6, 6.07) is 4.35. The topological polar surface area (TPSA) is 80.3 Å². The van der Waals surface area contributed by atoms with Crippen LogP contribution in [0.15, 0.2) is 36.7 Å². The van der Waals surface area contributed by atoms with Crippen molar-refractivity contribution < 1.29 is 27.5 Å². The van der Waals surface area contributed by atoms with Gasteiger partial charge in [0.2, 0.25) is 0 Å². The van der Waals surface area contributed by atoms with E-state index in [-0.39, 0.29) is 22.9 Å². The van der Waals surface area contributed by atoms with Gasteiger partial charge >= 0.3 is 6.36 Å². The quantitative estimate of drug-likeness (QED) is 0.828. The number of benzene rings is 1. The van der Waals surface area contributed by atoms with Crippen LogP contribution in [-0.4, -0.2) is 29.2 Å². The number of alkyl halides is 3. The smallest absolute Gasteiger partial charge is 0.406 e. The molecule has 2 amide bonds. The van der Waals surface area contributed by atoms with Gasteiger partial charge in [0.25, 0.3) is 11.8 Å². The maximum absolute atomic E-state index is 12.4. The summed E-state index contributed by atoms with van der Waals surface area (Å²) in [4.78, 5) is 28.7. The van der Waals surface area contributed by atoms with E-state index in [1.54, 1.807) is 20.8 Å². The van der Waals surface area contributed by atoms with Crippen LogP contribution in [0.2, 0.25) is 0 Å². The molecular formula is C18H18F3N3O3. The summed E-state index contributed by atoms with van der Waals surface area (Å²) < 4.78 is 40.4. The molecule has 1 aromatic heterocycles. The Morgan fingerprint density at radius 3 is 2.26 bits per heavy atom. The number of nitrogens with zero attached hydrogens (tertiary/aromatic N) is 1. The van der Waals surface area contributed by atoms with Gasteiger partial charge in [0.05, 0.1) is 11.3 Å². The Morgan fingerprint density at radius 1 is 1.07 bits per heavy atom. The van der Waals surface area contributed by atoms with Gasteiger partial charge in [-0.15, -0.1) is 13.2 Å². The van der Waals surface area contributed by atoms with Crippen molar-refractivity contribution in [1.82, 2.24) is 10.3 Å². The zero-order valence-electron chi connectivity index (χ0n) is 14.8. The lowest BCUT2D eigenvalue weighted by Crippen LogP contribution is -2.31. The molecule has 2 aromatic rings. The van der Waals surface area contributed by atoms with E-state index in [1.807, 2.05) is 0 Å². The molecule has 1 heterocycles. The second-order valence-corrected chi connectivity index (χ2v) is 6.03. The van der Waals surface area contributed by atoms with Gasteiger partial charge in [-0.3, -0.25) is 14.6 Å². The largest absolute Gasteiger partial charge is 0.573 e. The molecule has 9 heteroatoms. The van der Waals surface area contributed by atoms with Crippen LogP contribution in [0.1, 0.15) is 40.1 Å². The molecule has 0 saturated carbocycles. The number of hydrogen-bond donors (Lipinski definition) is 2. The van der Waals surface area contributed by atoms with Gasteiger partial charge in [-0.05, 0) is 50.6 Å². The molecule has 0 aliphatic rings. The second-order valence-electron chi connectivity index (χ2n) is 6.03. The van der Waals surface area contributed by atoms with Crippen LogP contribution in [0.3, 0.4) is 0 Å². The van der Waals surface area contributed by atoms with Crippen LogP contribution < -0.4 is 15.4 Å². The first-order valence-electron chi connectivity index (χ1n) is 7.99. The number of carbonyl (C=O) groups is 2. The number of anilines is 1. The van der Waals surface area contributed by atoms with Crippen molar-refractivity contribution in [3.8, 4) is 5.75 Å². The van der Waals surface area contributed by atoms with Crippen LogP contribution in [0.25, 0.3) is 0 Å². The van der Waals surface area contributed by atoms with Crippen molar-refractivity contribution in [2.24, 2.45) is 0 Å². The highest BCUT2D eigenvalue weighted by atomic mass is 19.4. The van der Waals surface area contributed by atoms with E-state index in [4.69, 9.17) is 0 Å². The van der Waals surface area contributed by atoms with E-state index in [1.165, 1.54) is 24.5 Å². The van der Waals surface area contributed by atoms with Crippen molar-refractivity contribution >= 4 is 17.5 Å². The summed E-state index contributed by atoms with van der Waals surface area (Å²) in [5, 5.41) is 5.33. The number of rotatable bonds is 5.